The number of nitrogens with two attached hydrogens (primary N) is 1. The summed E-state index contributed by atoms with van der Waals surface area (Å²) in [4.78, 5) is 0. The number of benzene rings is 1. The van der Waals surface area contributed by atoms with Gasteiger partial charge < -0.3 is 15.2 Å². The van der Waals surface area contributed by atoms with Crippen LogP contribution in [0.15, 0.2) is 18.2 Å². The molecule has 0 radical (unpaired) electrons. The van der Waals surface area contributed by atoms with Crippen LogP contribution in [0, 0.1) is 0 Å². The van der Waals surface area contributed by atoms with Gasteiger partial charge in [-0.15, -0.1) is 0 Å². The lowest BCUT2D eigenvalue weighted by Crippen LogP contribution is -2.04. The van der Waals surface area contributed by atoms with Crippen LogP contribution in [0.5, 0.6) is 11.5 Å². The van der Waals surface area contributed by atoms with E-state index in [-0.39, 0.29) is 0 Å². The fourth-order valence-electron chi connectivity index (χ4n) is 2.40. The quantitative estimate of drug-likeness (QED) is 0.569. The van der Waals surface area contributed by atoms with E-state index in [1.807, 2.05) is 18.2 Å². The van der Waals surface area contributed by atoms with Gasteiger partial charge in [0, 0.05) is 12.1 Å². The number of hydrogen-bond acceptors (Lipinski definition) is 3. The molecule has 1 aromatic carbocycles. The highest BCUT2D eigenvalue weighted by Crippen LogP contribution is 2.24. The van der Waals surface area contributed by atoms with Gasteiger partial charge in [-0.1, -0.05) is 51.9 Å². The predicted molar refractivity (Wildman–Crippen MR) is 89.0 cm³/mol. The summed E-state index contributed by atoms with van der Waals surface area (Å²) in [6, 6.07) is 5.82. The van der Waals surface area contributed by atoms with Gasteiger partial charge in [0.05, 0.1) is 13.7 Å². The number of unbranched alkanes of at least 4 members (excludes halogenated alkanes) is 7. The molecule has 0 spiro atoms. The van der Waals surface area contributed by atoms with E-state index in [1.54, 1.807) is 7.11 Å². The first-order chi connectivity index (χ1) is 10.3. The molecule has 0 atom stereocenters. The minimum absolute atomic E-state index is 0.476. The van der Waals surface area contributed by atoms with Gasteiger partial charge in [0.1, 0.15) is 11.5 Å². The van der Waals surface area contributed by atoms with Crippen LogP contribution >= 0.6 is 0 Å². The molecule has 0 amide bonds. The van der Waals surface area contributed by atoms with Crippen molar-refractivity contribution in [1.82, 2.24) is 0 Å². The minimum atomic E-state index is 0.476. The minimum Gasteiger partial charge on any atom is -0.497 e. The van der Waals surface area contributed by atoms with Crippen molar-refractivity contribution in [2.75, 3.05) is 13.7 Å². The van der Waals surface area contributed by atoms with Crippen LogP contribution in [0.1, 0.15) is 63.9 Å². The smallest absolute Gasteiger partial charge is 0.124 e. The molecule has 1 rings (SSSR count). The van der Waals surface area contributed by atoms with Gasteiger partial charge in [0.2, 0.25) is 0 Å². The number of hydrogen-bond donors (Lipinski definition) is 1. The van der Waals surface area contributed by atoms with Gasteiger partial charge in [0.25, 0.3) is 0 Å². The Hall–Kier alpha value is -1.22. The first kappa shape index (κ1) is 17.8. The van der Waals surface area contributed by atoms with Crippen molar-refractivity contribution in [3.63, 3.8) is 0 Å². The zero-order valence-corrected chi connectivity index (χ0v) is 13.7. The van der Waals surface area contributed by atoms with E-state index >= 15 is 0 Å². The highest BCUT2D eigenvalue weighted by atomic mass is 16.5. The summed E-state index contributed by atoms with van der Waals surface area (Å²) in [5, 5.41) is 0. The predicted octanol–water partition coefficient (Wildman–Crippen LogP) is 4.67. The van der Waals surface area contributed by atoms with Crippen molar-refractivity contribution >= 4 is 0 Å². The summed E-state index contributed by atoms with van der Waals surface area (Å²) in [5.41, 5.74) is 6.76. The van der Waals surface area contributed by atoms with Crippen LogP contribution in [0.25, 0.3) is 0 Å². The third kappa shape index (κ3) is 7.37. The lowest BCUT2D eigenvalue weighted by atomic mass is 10.1. The summed E-state index contributed by atoms with van der Waals surface area (Å²) in [5.74, 6) is 1.72. The van der Waals surface area contributed by atoms with Crippen molar-refractivity contribution in [3.8, 4) is 11.5 Å². The molecule has 3 heteroatoms. The number of ether oxygens (including phenoxy) is 2. The Kier molecular flexibility index (Phi) is 9.71. The summed E-state index contributed by atoms with van der Waals surface area (Å²) in [6.07, 6.45) is 10.5. The molecular formula is C18H31NO2. The second kappa shape index (κ2) is 11.4. The monoisotopic (exact) mass is 293 g/mol. The SMILES string of the molecule is CCCCCCCCCCOc1ccc(OC)cc1CN. The van der Waals surface area contributed by atoms with Gasteiger partial charge in [-0.3, -0.25) is 0 Å². The van der Waals surface area contributed by atoms with Crippen LogP contribution in [-0.2, 0) is 6.54 Å². The fraction of sp³-hybridized carbons (Fsp3) is 0.667. The first-order valence-corrected chi connectivity index (χ1v) is 8.31. The zero-order valence-electron chi connectivity index (χ0n) is 13.7. The normalized spacial score (nSPS) is 10.6. The molecule has 0 saturated heterocycles. The lowest BCUT2D eigenvalue weighted by Gasteiger charge is -2.11. The van der Waals surface area contributed by atoms with Crippen molar-refractivity contribution in [2.24, 2.45) is 5.73 Å². The standard InChI is InChI=1S/C18H31NO2/c1-3-4-5-6-7-8-9-10-13-21-18-12-11-17(20-2)14-16(18)15-19/h11-12,14H,3-10,13,15,19H2,1-2H3. The molecule has 0 heterocycles. The van der Waals surface area contributed by atoms with Crippen molar-refractivity contribution < 1.29 is 9.47 Å². The van der Waals surface area contributed by atoms with Crippen LogP contribution in [0.4, 0.5) is 0 Å². The van der Waals surface area contributed by atoms with E-state index < -0.39 is 0 Å². The largest absolute Gasteiger partial charge is 0.497 e. The Morgan fingerprint density at radius 3 is 2.24 bits per heavy atom. The highest BCUT2D eigenvalue weighted by Gasteiger charge is 2.04. The molecule has 21 heavy (non-hydrogen) atoms. The van der Waals surface area contributed by atoms with Crippen LogP contribution in [0.2, 0.25) is 0 Å². The van der Waals surface area contributed by atoms with E-state index in [0.717, 1.165) is 30.1 Å². The van der Waals surface area contributed by atoms with Gasteiger partial charge in [-0.05, 0) is 24.6 Å². The maximum atomic E-state index is 5.84. The topological polar surface area (TPSA) is 44.5 Å². The molecule has 0 unspecified atom stereocenters. The number of methoxy groups -OCH3 is 1. The van der Waals surface area contributed by atoms with Crippen molar-refractivity contribution in [2.45, 2.75) is 64.8 Å². The van der Waals surface area contributed by atoms with Gasteiger partial charge >= 0.3 is 0 Å². The molecule has 1 aromatic rings. The summed E-state index contributed by atoms with van der Waals surface area (Å²) < 4.78 is 11.0. The van der Waals surface area contributed by atoms with Gasteiger partial charge in [0.15, 0.2) is 0 Å². The molecule has 0 fully saturated rings. The molecule has 0 aliphatic heterocycles. The Labute approximate surface area is 129 Å². The maximum absolute atomic E-state index is 5.84. The highest BCUT2D eigenvalue weighted by molar-refractivity contribution is 5.40. The van der Waals surface area contributed by atoms with E-state index in [0.29, 0.717) is 6.54 Å². The molecule has 120 valence electrons. The summed E-state index contributed by atoms with van der Waals surface area (Å²) in [6.45, 7) is 3.50. The van der Waals surface area contributed by atoms with Crippen molar-refractivity contribution in [3.05, 3.63) is 23.8 Å². The number of rotatable bonds is 12. The average molecular weight is 293 g/mol. The van der Waals surface area contributed by atoms with E-state index in [4.69, 9.17) is 15.2 Å². The molecular weight excluding hydrogens is 262 g/mol. The molecule has 2 N–H and O–H groups in total. The van der Waals surface area contributed by atoms with Gasteiger partial charge in [-0.25, -0.2) is 0 Å². The second-order valence-electron chi connectivity index (χ2n) is 5.50. The first-order valence-electron chi connectivity index (χ1n) is 8.31. The van der Waals surface area contributed by atoms with Gasteiger partial charge in [-0.2, -0.15) is 0 Å². The van der Waals surface area contributed by atoms with Crippen molar-refractivity contribution in [1.29, 1.82) is 0 Å². The maximum Gasteiger partial charge on any atom is 0.124 e. The van der Waals surface area contributed by atoms with E-state index in [1.165, 1.54) is 44.9 Å². The van der Waals surface area contributed by atoms with Crippen LogP contribution < -0.4 is 15.2 Å². The average Bonchev–Trinajstić information content (AvgIpc) is 2.53. The molecule has 3 nitrogen and oxygen atoms in total. The van der Waals surface area contributed by atoms with Crippen LogP contribution in [-0.4, -0.2) is 13.7 Å². The Balaban J connectivity index is 2.15. The molecule has 0 saturated carbocycles. The van der Waals surface area contributed by atoms with E-state index in [2.05, 4.69) is 6.92 Å². The second-order valence-corrected chi connectivity index (χ2v) is 5.50. The molecule has 0 aliphatic carbocycles. The zero-order chi connectivity index (χ0) is 15.3. The third-order valence-corrected chi connectivity index (χ3v) is 3.74. The fourth-order valence-corrected chi connectivity index (χ4v) is 2.40. The molecule has 0 aromatic heterocycles. The third-order valence-electron chi connectivity index (χ3n) is 3.74. The lowest BCUT2D eigenvalue weighted by molar-refractivity contribution is 0.300. The summed E-state index contributed by atoms with van der Waals surface area (Å²) in [7, 11) is 1.66. The summed E-state index contributed by atoms with van der Waals surface area (Å²) >= 11 is 0. The Morgan fingerprint density at radius 1 is 0.952 bits per heavy atom. The Morgan fingerprint density at radius 2 is 1.62 bits per heavy atom. The molecule has 0 bridgehead atoms. The Bertz CT molecular complexity index is 379. The van der Waals surface area contributed by atoms with E-state index in [9.17, 15) is 0 Å². The molecule has 0 aliphatic rings. The van der Waals surface area contributed by atoms with Crippen LogP contribution in [0.3, 0.4) is 0 Å².